The SMILES string of the molecule is Cc1sc(C(CN)N2CCC(C(C)(C)C)C2)cc1Br. The van der Waals surface area contributed by atoms with Crippen molar-refractivity contribution in [1.82, 2.24) is 4.90 Å². The molecule has 2 nitrogen and oxygen atoms in total. The fourth-order valence-corrected chi connectivity index (χ4v) is 4.58. The highest BCUT2D eigenvalue weighted by molar-refractivity contribution is 9.10. The smallest absolute Gasteiger partial charge is 0.0564 e. The topological polar surface area (TPSA) is 29.3 Å². The van der Waals surface area contributed by atoms with Crippen molar-refractivity contribution >= 4 is 27.3 Å². The van der Waals surface area contributed by atoms with Crippen LogP contribution >= 0.6 is 27.3 Å². The maximum absolute atomic E-state index is 6.05. The molecule has 0 radical (unpaired) electrons. The zero-order valence-corrected chi connectivity index (χ0v) is 14.8. The van der Waals surface area contributed by atoms with E-state index in [9.17, 15) is 0 Å². The second-order valence-corrected chi connectivity index (χ2v) is 8.79. The molecular weight excluding hydrogens is 320 g/mol. The molecule has 0 saturated carbocycles. The summed E-state index contributed by atoms with van der Waals surface area (Å²) >= 11 is 5.49. The van der Waals surface area contributed by atoms with Gasteiger partial charge in [0.1, 0.15) is 0 Å². The number of nitrogens with two attached hydrogens (primary N) is 1. The van der Waals surface area contributed by atoms with Crippen molar-refractivity contribution in [2.45, 2.75) is 40.2 Å². The molecular formula is C15H25BrN2S. The summed E-state index contributed by atoms with van der Waals surface area (Å²) in [6, 6.07) is 2.64. The number of nitrogens with zero attached hydrogens (tertiary/aromatic N) is 1. The minimum absolute atomic E-state index is 0.391. The van der Waals surface area contributed by atoms with Gasteiger partial charge in [0.15, 0.2) is 0 Å². The number of halogens is 1. The molecule has 2 N–H and O–H groups in total. The first kappa shape index (κ1) is 15.5. The van der Waals surface area contributed by atoms with Gasteiger partial charge in [0.25, 0.3) is 0 Å². The number of hydrogen-bond acceptors (Lipinski definition) is 3. The number of aryl methyl sites for hydroxylation is 1. The van der Waals surface area contributed by atoms with Crippen LogP contribution in [0, 0.1) is 18.3 Å². The minimum Gasteiger partial charge on any atom is -0.329 e. The molecule has 0 aliphatic carbocycles. The number of rotatable bonds is 3. The molecule has 19 heavy (non-hydrogen) atoms. The monoisotopic (exact) mass is 344 g/mol. The Hall–Kier alpha value is 0.100. The van der Waals surface area contributed by atoms with Crippen molar-refractivity contribution in [2.75, 3.05) is 19.6 Å². The average molecular weight is 345 g/mol. The second kappa shape index (κ2) is 5.84. The molecule has 1 aromatic rings. The highest BCUT2D eigenvalue weighted by atomic mass is 79.9. The van der Waals surface area contributed by atoms with Crippen LogP contribution in [0.25, 0.3) is 0 Å². The maximum atomic E-state index is 6.05. The zero-order chi connectivity index (χ0) is 14.2. The van der Waals surface area contributed by atoms with Crippen LogP contribution in [-0.2, 0) is 0 Å². The highest BCUT2D eigenvalue weighted by Gasteiger charge is 2.35. The lowest BCUT2D eigenvalue weighted by atomic mass is 9.80. The Kier molecular flexibility index (Phi) is 4.76. The Bertz CT molecular complexity index is 416. The van der Waals surface area contributed by atoms with Gasteiger partial charge in [-0.3, -0.25) is 4.90 Å². The van der Waals surface area contributed by atoms with Crippen LogP contribution in [0.3, 0.4) is 0 Å². The van der Waals surface area contributed by atoms with Gasteiger partial charge in [0.05, 0.1) is 6.04 Å². The highest BCUT2D eigenvalue weighted by Crippen LogP contribution is 2.39. The van der Waals surface area contributed by atoms with E-state index in [1.807, 2.05) is 11.3 Å². The zero-order valence-electron chi connectivity index (χ0n) is 12.4. The van der Waals surface area contributed by atoms with Crippen molar-refractivity contribution in [3.05, 3.63) is 20.3 Å². The summed E-state index contributed by atoms with van der Waals surface area (Å²) in [6.07, 6.45) is 1.30. The Labute approximate surface area is 129 Å². The summed E-state index contributed by atoms with van der Waals surface area (Å²) in [5.74, 6) is 0.783. The largest absolute Gasteiger partial charge is 0.329 e. The second-order valence-electron chi connectivity index (χ2n) is 6.65. The molecule has 0 aromatic carbocycles. The van der Waals surface area contributed by atoms with Crippen LogP contribution in [0.15, 0.2) is 10.5 Å². The normalized spacial score (nSPS) is 22.9. The Morgan fingerprint density at radius 1 is 1.53 bits per heavy atom. The predicted octanol–water partition coefficient (Wildman–Crippen LogP) is 4.19. The van der Waals surface area contributed by atoms with Crippen LogP contribution in [-0.4, -0.2) is 24.5 Å². The summed E-state index contributed by atoms with van der Waals surface area (Å²) < 4.78 is 1.22. The van der Waals surface area contributed by atoms with Gasteiger partial charge in [-0.1, -0.05) is 20.8 Å². The summed E-state index contributed by atoms with van der Waals surface area (Å²) in [7, 11) is 0. The average Bonchev–Trinajstić information content (AvgIpc) is 2.88. The molecule has 1 aliphatic heterocycles. The van der Waals surface area contributed by atoms with Gasteiger partial charge in [-0.15, -0.1) is 11.3 Å². The first-order valence-corrected chi connectivity index (χ1v) is 8.64. The molecule has 2 unspecified atom stereocenters. The Morgan fingerprint density at radius 2 is 2.21 bits per heavy atom. The summed E-state index contributed by atoms with van der Waals surface area (Å²) in [5.41, 5.74) is 6.45. The summed E-state index contributed by atoms with van der Waals surface area (Å²) in [5, 5.41) is 0. The van der Waals surface area contributed by atoms with E-state index in [-0.39, 0.29) is 0 Å². The fourth-order valence-electron chi connectivity index (χ4n) is 2.87. The molecule has 1 saturated heterocycles. The quantitative estimate of drug-likeness (QED) is 0.890. The minimum atomic E-state index is 0.391. The Balaban J connectivity index is 2.12. The number of thiophene rings is 1. The molecule has 2 atom stereocenters. The molecule has 1 aliphatic rings. The van der Waals surface area contributed by atoms with Gasteiger partial charge in [-0.2, -0.15) is 0 Å². The van der Waals surface area contributed by atoms with E-state index in [0.29, 0.717) is 18.0 Å². The van der Waals surface area contributed by atoms with Crippen molar-refractivity contribution in [3.8, 4) is 0 Å². The van der Waals surface area contributed by atoms with Gasteiger partial charge < -0.3 is 5.73 Å². The van der Waals surface area contributed by atoms with Crippen LogP contribution in [0.2, 0.25) is 0 Å². The van der Waals surface area contributed by atoms with Crippen molar-refractivity contribution in [3.63, 3.8) is 0 Å². The lowest BCUT2D eigenvalue weighted by Crippen LogP contribution is -2.33. The molecule has 1 fully saturated rings. The molecule has 2 rings (SSSR count). The standard InChI is InChI=1S/C15H25BrN2S/c1-10-12(16)7-14(19-10)13(8-17)18-6-5-11(9-18)15(2,3)4/h7,11,13H,5-6,8-9,17H2,1-4H3. The van der Waals surface area contributed by atoms with E-state index in [0.717, 1.165) is 5.92 Å². The molecule has 0 amide bonds. The van der Waals surface area contributed by atoms with Gasteiger partial charge in [0.2, 0.25) is 0 Å². The van der Waals surface area contributed by atoms with Crippen LogP contribution in [0.5, 0.6) is 0 Å². The predicted molar refractivity (Wildman–Crippen MR) is 87.7 cm³/mol. The lowest BCUT2D eigenvalue weighted by molar-refractivity contribution is 0.199. The first-order valence-electron chi connectivity index (χ1n) is 7.03. The molecule has 1 aromatic heterocycles. The van der Waals surface area contributed by atoms with Crippen LogP contribution < -0.4 is 5.73 Å². The van der Waals surface area contributed by atoms with Gasteiger partial charge in [-0.05, 0) is 53.2 Å². The van der Waals surface area contributed by atoms with Gasteiger partial charge in [0, 0.05) is 27.3 Å². The fraction of sp³-hybridized carbons (Fsp3) is 0.733. The van der Waals surface area contributed by atoms with Gasteiger partial charge in [-0.25, -0.2) is 0 Å². The van der Waals surface area contributed by atoms with E-state index in [2.05, 4.69) is 54.6 Å². The summed E-state index contributed by atoms with van der Waals surface area (Å²) in [4.78, 5) is 5.33. The number of hydrogen-bond donors (Lipinski definition) is 1. The van der Waals surface area contributed by atoms with E-state index >= 15 is 0 Å². The Morgan fingerprint density at radius 3 is 2.63 bits per heavy atom. The van der Waals surface area contributed by atoms with Crippen molar-refractivity contribution < 1.29 is 0 Å². The molecule has 4 heteroatoms. The van der Waals surface area contributed by atoms with E-state index in [1.54, 1.807) is 0 Å². The van der Waals surface area contributed by atoms with Crippen molar-refractivity contribution in [1.29, 1.82) is 0 Å². The van der Waals surface area contributed by atoms with E-state index in [4.69, 9.17) is 5.73 Å². The molecule has 0 bridgehead atoms. The van der Waals surface area contributed by atoms with Gasteiger partial charge >= 0.3 is 0 Å². The summed E-state index contributed by atoms with van der Waals surface area (Å²) in [6.45, 7) is 12.3. The van der Waals surface area contributed by atoms with Crippen molar-refractivity contribution in [2.24, 2.45) is 17.1 Å². The lowest BCUT2D eigenvalue weighted by Gasteiger charge is -2.30. The number of likely N-dealkylation sites (tertiary alicyclic amines) is 1. The van der Waals surface area contributed by atoms with E-state index < -0.39 is 0 Å². The molecule has 2 heterocycles. The molecule has 108 valence electrons. The van der Waals surface area contributed by atoms with Crippen LogP contribution in [0.4, 0.5) is 0 Å². The first-order chi connectivity index (χ1) is 8.82. The third-order valence-electron chi connectivity index (χ3n) is 4.31. The third-order valence-corrected chi connectivity index (χ3v) is 6.55. The third kappa shape index (κ3) is 3.41. The molecule has 0 spiro atoms. The maximum Gasteiger partial charge on any atom is 0.0564 e. The van der Waals surface area contributed by atoms with Crippen LogP contribution in [0.1, 0.15) is 43.0 Å². The van der Waals surface area contributed by atoms with E-state index in [1.165, 1.54) is 33.7 Å².